The van der Waals surface area contributed by atoms with Crippen molar-refractivity contribution in [2.45, 2.75) is 36.5 Å². The highest BCUT2D eigenvalue weighted by atomic mass is 32.2. The number of carboxylic acid groups (broad SMARTS) is 1. The molecule has 3 heterocycles. The van der Waals surface area contributed by atoms with Gasteiger partial charge >= 0.3 is 12.1 Å². The predicted octanol–water partition coefficient (Wildman–Crippen LogP) is 5.18. The van der Waals surface area contributed by atoms with Crippen LogP contribution in [0.1, 0.15) is 19.3 Å². The lowest BCUT2D eigenvalue weighted by Crippen LogP contribution is -2.50. The van der Waals surface area contributed by atoms with E-state index < -0.39 is 28.2 Å². The van der Waals surface area contributed by atoms with Gasteiger partial charge in [-0.05, 0) is 48.6 Å². The zero-order valence-corrected chi connectivity index (χ0v) is 23.7. The van der Waals surface area contributed by atoms with Crippen LogP contribution in [0.2, 0.25) is 0 Å². The molecule has 15 heteroatoms. The number of anilines is 1. The molecule has 222 valence electrons. The minimum absolute atomic E-state index is 0.0219. The standard InChI is InChI=1S/C25H24N4O4S2.C2HF3O2/c1-33-19-11-9-18(10-12-19)21-16-34-25(27-21)28-23(30)22-8-4-5-15-29(22)35(31,32)24-20-7-3-2-6-17(20)13-14-26-24;3-2(4,5)1(6)7/h2-3,6-7,9-14,16,22H,4-5,8,15H2,1H3,(H,27,28,30);(H,6,7)/t22-;/m1./s1. The van der Waals surface area contributed by atoms with E-state index >= 15 is 0 Å². The Morgan fingerprint density at radius 2 is 1.79 bits per heavy atom. The number of amides is 1. The van der Waals surface area contributed by atoms with Crippen LogP contribution in [0.15, 0.2) is 71.2 Å². The molecule has 4 aromatic rings. The Morgan fingerprint density at radius 3 is 2.45 bits per heavy atom. The van der Waals surface area contributed by atoms with Gasteiger partial charge in [0.05, 0.1) is 12.8 Å². The lowest BCUT2D eigenvalue weighted by Gasteiger charge is -2.33. The van der Waals surface area contributed by atoms with Crippen molar-refractivity contribution in [2.24, 2.45) is 0 Å². The van der Waals surface area contributed by atoms with E-state index in [0.717, 1.165) is 28.8 Å². The van der Waals surface area contributed by atoms with Gasteiger partial charge in [-0.3, -0.25) is 4.79 Å². The van der Waals surface area contributed by atoms with Gasteiger partial charge in [0, 0.05) is 29.1 Å². The maximum atomic E-state index is 13.7. The summed E-state index contributed by atoms with van der Waals surface area (Å²) in [7, 11) is -2.38. The third-order valence-corrected chi connectivity index (χ3v) is 8.94. The normalized spacial score (nSPS) is 15.9. The van der Waals surface area contributed by atoms with Crippen LogP contribution in [-0.4, -0.2) is 65.5 Å². The summed E-state index contributed by atoms with van der Waals surface area (Å²) in [5, 5.41) is 13.5. The SMILES string of the molecule is COc1ccc(-c2csc(NC(=O)[C@H]3CCCCN3S(=O)(=O)c3nccc4ccccc34)n2)cc1.O=C(O)C(F)(F)F. The van der Waals surface area contributed by atoms with Crippen LogP contribution < -0.4 is 10.1 Å². The van der Waals surface area contributed by atoms with Crippen molar-refractivity contribution in [3.63, 3.8) is 0 Å². The molecule has 1 fully saturated rings. The number of pyridine rings is 1. The molecule has 42 heavy (non-hydrogen) atoms. The Hall–Kier alpha value is -4.08. The number of carbonyl (C=O) groups excluding carboxylic acids is 1. The lowest BCUT2D eigenvalue weighted by molar-refractivity contribution is -0.192. The maximum absolute atomic E-state index is 13.7. The predicted molar refractivity (Wildman–Crippen MR) is 150 cm³/mol. The number of thiazole rings is 1. The number of ether oxygens (including phenoxy) is 1. The van der Waals surface area contributed by atoms with E-state index in [-0.39, 0.29) is 17.5 Å². The number of nitrogens with one attached hydrogen (secondary N) is 1. The summed E-state index contributed by atoms with van der Waals surface area (Å²) >= 11 is 1.30. The number of aromatic nitrogens is 2. The largest absolute Gasteiger partial charge is 0.497 e. The first-order chi connectivity index (χ1) is 19.9. The molecule has 0 radical (unpaired) electrons. The van der Waals surface area contributed by atoms with Gasteiger partial charge in [-0.15, -0.1) is 11.3 Å². The molecule has 5 rings (SSSR count). The van der Waals surface area contributed by atoms with Crippen molar-refractivity contribution in [3.8, 4) is 17.0 Å². The van der Waals surface area contributed by atoms with Gasteiger partial charge in [-0.2, -0.15) is 17.5 Å². The van der Waals surface area contributed by atoms with E-state index in [1.54, 1.807) is 25.3 Å². The molecule has 0 unspecified atom stereocenters. The van der Waals surface area contributed by atoms with Gasteiger partial charge in [-0.25, -0.2) is 23.2 Å². The molecule has 1 amide bonds. The van der Waals surface area contributed by atoms with Crippen molar-refractivity contribution < 1.29 is 41.0 Å². The van der Waals surface area contributed by atoms with Gasteiger partial charge in [0.15, 0.2) is 10.2 Å². The average molecular weight is 623 g/mol. The highest BCUT2D eigenvalue weighted by molar-refractivity contribution is 7.89. The van der Waals surface area contributed by atoms with E-state index in [4.69, 9.17) is 14.6 Å². The molecule has 1 atom stereocenters. The second-order valence-corrected chi connectivity index (χ2v) is 11.7. The topological polar surface area (TPSA) is 139 Å². The van der Waals surface area contributed by atoms with Crippen LogP contribution in [0.3, 0.4) is 0 Å². The van der Waals surface area contributed by atoms with E-state index in [9.17, 15) is 26.4 Å². The van der Waals surface area contributed by atoms with E-state index in [2.05, 4.69) is 15.3 Å². The molecular formula is C27H25F3N4O6S2. The number of hydrogen-bond donors (Lipinski definition) is 2. The lowest BCUT2D eigenvalue weighted by atomic mass is 10.0. The molecule has 0 aliphatic carbocycles. The van der Waals surface area contributed by atoms with Gasteiger partial charge in [0.2, 0.25) is 5.91 Å². The number of carboxylic acids is 1. The summed E-state index contributed by atoms with van der Waals surface area (Å²) in [5.41, 5.74) is 1.62. The number of benzene rings is 2. The smallest absolute Gasteiger partial charge is 0.490 e. The third kappa shape index (κ3) is 7.03. The van der Waals surface area contributed by atoms with Gasteiger partial charge in [-0.1, -0.05) is 30.7 Å². The quantitative estimate of drug-likeness (QED) is 0.300. The van der Waals surface area contributed by atoms with Crippen LogP contribution >= 0.6 is 11.3 Å². The fraction of sp³-hybridized carbons (Fsp3) is 0.259. The molecule has 1 saturated heterocycles. The second-order valence-electron chi connectivity index (χ2n) is 9.02. The number of fused-ring (bicyclic) bond motifs is 1. The highest BCUT2D eigenvalue weighted by Crippen LogP contribution is 2.31. The number of piperidine rings is 1. The molecule has 2 aromatic carbocycles. The highest BCUT2D eigenvalue weighted by Gasteiger charge is 2.39. The van der Waals surface area contributed by atoms with E-state index in [1.807, 2.05) is 41.8 Å². The van der Waals surface area contributed by atoms with Gasteiger partial charge < -0.3 is 15.2 Å². The summed E-state index contributed by atoms with van der Waals surface area (Å²) in [6.07, 6.45) is -1.70. The molecule has 0 spiro atoms. The van der Waals surface area contributed by atoms with Gasteiger partial charge in [0.1, 0.15) is 11.8 Å². The van der Waals surface area contributed by atoms with Crippen LogP contribution in [0.25, 0.3) is 22.0 Å². The van der Waals surface area contributed by atoms with Crippen LogP contribution in [0.4, 0.5) is 18.3 Å². The average Bonchev–Trinajstić information content (AvgIpc) is 3.45. The minimum atomic E-state index is -5.08. The van der Waals surface area contributed by atoms with E-state index in [1.165, 1.54) is 21.8 Å². The zero-order chi connectivity index (χ0) is 30.5. The summed E-state index contributed by atoms with van der Waals surface area (Å²) in [5.74, 6) is -2.39. The van der Waals surface area contributed by atoms with Gasteiger partial charge in [0.25, 0.3) is 10.0 Å². The fourth-order valence-corrected chi connectivity index (χ4v) is 6.79. The molecule has 0 bridgehead atoms. The minimum Gasteiger partial charge on any atom is -0.497 e. The number of rotatable bonds is 6. The Morgan fingerprint density at radius 1 is 1.10 bits per heavy atom. The van der Waals surface area contributed by atoms with Crippen molar-refractivity contribution >= 4 is 49.1 Å². The van der Waals surface area contributed by atoms with Crippen LogP contribution in [0, 0.1) is 0 Å². The zero-order valence-electron chi connectivity index (χ0n) is 22.0. The number of halogens is 3. The molecular weight excluding hydrogens is 597 g/mol. The summed E-state index contributed by atoms with van der Waals surface area (Å²) in [6.45, 7) is 0.264. The van der Waals surface area contributed by atoms with Crippen molar-refractivity contribution in [2.75, 3.05) is 19.0 Å². The number of aliphatic carboxylic acids is 1. The number of sulfonamides is 1. The first-order valence-electron chi connectivity index (χ1n) is 12.5. The molecule has 10 nitrogen and oxygen atoms in total. The molecule has 2 aromatic heterocycles. The second kappa shape index (κ2) is 12.8. The number of methoxy groups -OCH3 is 1. The van der Waals surface area contributed by atoms with Crippen LogP contribution in [0.5, 0.6) is 5.75 Å². The first-order valence-corrected chi connectivity index (χ1v) is 14.8. The first kappa shape index (κ1) is 30.9. The van der Waals surface area contributed by atoms with Crippen molar-refractivity contribution in [1.82, 2.24) is 14.3 Å². The molecule has 1 aliphatic rings. The Balaban J connectivity index is 0.000000517. The summed E-state index contributed by atoms with van der Waals surface area (Å²) in [4.78, 5) is 30.9. The molecule has 1 aliphatic heterocycles. The van der Waals surface area contributed by atoms with Crippen molar-refractivity contribution in [3.05, 3.63) is 66.2 Å². The van der Waals surface area contributed by atoms with E-state index in [0.29, 0.717) is 23.4 Å². The summed E-state index contributed by atoms with van der Waals surface area (Å²) < 4.78 is 65.6. The summed E-state index contributed by atoms with van der Waals surface area (Å²) in [6, 6.07) is 15.6. The number of nitrogens with zero attached hydrogens (tertiary/aromatic N) is 3. The Labute approximate surface area is 242 Å². The van der Waals surface area contributed by atoms with Crippen molar-refractivity contribution in [1.29, 1.82) is 0 Å². The Kier molecular flexibility index (Phi) is 9.43. The maximum Gasteiger partial charge on any atom is 0.490 e. The number of carbonyl (C=O) groups is 2. The third-order valence-electron chi connectivity index (χ3n) is 6.31. The fourth-order valence-electron chi connectivity index (χ4n) is 4.28. The molecule has 0 saturated carbocycles. The molecule has 2 N–H and O–H groups in total. The number of hydrogen-bond acceptors (Lipinski definition) is 8. The Bertz CT molecular complexity index is 1670. The van der Waals surface area contributed by atoms with Crippen LogP contribution in [-0.2, 0) is 19.6 Å². The number of alkyl halides is 3. The monoisotopic (exact) mass is 622 g/mol.